The van der Waals surface area contributed by atoms with Crippen molar-refractivity contribution in [3.63, 3.8) is 0 Å². The van der Waals surface area contributed by atoms with Gasteiger partial charge in [0.1, 0.15) is 0 Å². The summed E-state index contributed by atoms with van der Waals surface area (Å²) in [5, 5.41) is 0. The van der Waals surface area contributed by atoms with Crippen LogP contribution in [0.3, 0.4) is 0 Å². The number of benzene rings is 1. The summed E-state index contributed by atoms with van der Waals surface area (Å²) >= 11 is 0. The van der Waals surface area contributed by atoms with Crippen molar-refractivity contribution >= 4 is 0 Å². The smallest absolute Gasteiger partial charge is 0.0923 e. The number of ether oxygens (including phenoxy) is 2. The molecule has 1 unspecified atom stereocenters. The minimum atomic E-state index is -0.0685. The molecule has 2 rings (SSSR count). The highest BCUT2D eigenvalue weighted by atomic mass is 16.6. The highest BCUT2D eigenvalue weighted by Gasteiger charge is 2.43. The van der Waals surface area contributed by atoms with E-state index in [1.807, 2.05) is 0 Å². The second kappa shape index (κ2) is 6.28. The van der Waals surface area contributed by atoms with E-state index in [-0.39, 0.29) is 11.2 Å². The topological polar surface area (TPSA) is 18.5 Å². The van der Waals surface area contributed by atoms with Gasteiger partial charge in [0, 0.05) is 0 Å². The molecule has 0 aliphatic carbocycles. The lowest BCUT2D eigenvalue weighted by atomic mass is 9.94. The maximum atomic E-state index is 6.32. The van der Waals surface area contributed by atoms with E-state index in [1.54, 1.807) is 0 Å². The summed E-state index contributed by atoms with van der Waals surface area (Å²) < 4.78 is 12.3. The molecule has 20 heavy (non-hydrogen) atoms. The van der Waals surface area contributed by atoms with Gasteiger partial charge in [-0.15, -0.1) is 0 Å². The van der Waals surface area contributed by atoms with Gasteiger partial charge in [-0.05, 0) is 51.2 Å². The summed E-state index contributed by atoms with van der Waals surface area (Å²) in [5.74, 6) is 0. The van der Waals surface area contributed by atoms with E-state index in [0.717, 1.165) is 25.7 Å². The highest BCUT2D eigenvalue weighted by molar-refractivity contribution is 5.24. The van der Waals surface area contributed by atoms with Crippen molar-refractivity contribution in [2.75, 3.05) is 6.61 Å². The van der Waals surface area contributed by atoms with Gasteiger partial charge >= 0.3 is 0 Å². The number of rotatable bonds is 6. The van der Waals surface area contributed by atoms with Crippen LogP contribution in [-0.2, 0) is 16.1 Å². The normalized spacial score (nSPS) is 25.0. The first-order chi connectivity index (χ1) is 9.46. The first kappa shape index (κ1) is 15.5. The van der Waals surface area contributed by atoms with Crippen LogP contribution >= 0.6 is 0 Å². The molecule has 0 bridgehead atoms. The molecule has 0 radical (unpaired) electrons. The molecule has 0 spiro atoms. The fourth-order valence-corrected chi connectivity index (χ4v) is 3.14. The summed E-state index contributed by atoms with van der Waals surface area (Å²) in [5.41, 5.74) is 2.50. The molecular formula is C18H28O2. The molecule has 1 heterocycles. The van der Waals surface area contributed by atoms with Gasteiger partial charge in [0.05, 0.1) is 24.4 Å². The molecule has 0 saturated carbocycles. The van der Waals surface area contributed by atoms with Gasteiger partial charge in [0.2, 0.25) is 0 Å². The van der Waals surface area contributed by atoms with Crippen LogP contribution < -0.4 is 0 Å². The standard InChI is InChI=1S/C18H28O2/c1-5-10-18(12-11-17(3,4)20-18)14-19-13-16-9-7-6-8-15(16)2/h6-9H,5,10-14H2,1-4H3. The lowest BCUT2D eigenvalue weighted by Gasteiger charge is -2.31. The number of hydrogen-bond donors (Lipinski definition) is 0. The molecule has 1 fully saturated rings. The Hall–Kier alpha value is -0.860. The Morgan fingerprint density at radius 3 is 2.55 bits per heavy atom. The maximum absolute atomic E-state index is 6.32. The van der Waals surface area contributed by atoms with E-state index in [0.29, 0.717) is 13.2 Å². The van der Waals surface area contributed by atoms with Crippen LogP contribution in [0.1, 0.15) is 57.6 Å². The SMILES string of the molecule is CCCC1(COCc2ccccc2C)CCC(C)(C)O1. The number of aryl methyl sites for hydroxylation is 1. The zero-order valence-corrected chi connectivity index (χ0v) is 13.4. The summed E-state index contributed by atoms with van der Waals surface area (Å²) in [6.07, 6.45) is 4.47. The van der Waals surface area contributed by atoms with E-state index < -0.39 is 0 Å². The molecule has 1 aliphatic heterocycles. The van der Waals surface area contributed by atoms with Gasteiger partial charge in [-0.2, -0.15) is 0 Å². The Labute approximate surface area is 123 Å². The summed E-state index contributed by atoms with van der Waals surface area (Å²) in [7, 11) is 0. The van der Waals surface area contributed by atoms with Gasteiger partial charge in [0.15, 0.2) is 0 Å². The van der Waals surface area contributed by atoms with Gasteiger partial charge in [0.25, 0.3) is 0 Å². The fraction of sp³-hybridized carbons (Fsp3) is 0.667. The molecule has 1 aliphatic rings. The first-order valence-corrected chi connectivity index (χ1v) is 7.79. The van der Waals surface area contributed by atoms with Crippen molar-refractivity contribution in [1.82, 2.24) is 0 Å². The fourth-order valence-electron chi connectivity index (χ4n) is 3.14. The largest absolute Gasteiger partial charge is 0.374 e. The van der Waals surface area contributed by atoms with Crippen molar-refractivity contribution < 1.29 is 9.47 Å². The van der Waals surface area contributed by atoms with E-state index in [1.165, 1.54) is 11.1 Å². The monoisotopic (exact) mass is 276 g/mol. The molecular weight excluding hydrogens is 248 g/mol. The van der Waals surface area contributed by atoms with Crippen molar-refractivity contribution in [3.05, 3.63) is 35.4 Å². The maximum Gasteiger partial charge on any atom is 0.0923 e. The lowest BCUT2D eigenvalue weighted by Crippen LogP contribution is -2.37. The van der Waals surface area contributed by atoms with Crippen molar-refractivity contribution in [3.8, 4) is 0 Å². The third-order valence-electron chi connectivity index (χ3n) is 4.27. The summed E-state index contributed by atoms with van der Waals surface area (Å²) in [4.78, 5) is 0. The molecule has 0 amide bonds. The molecule has 1 atom stereocenters. The van der Waals surface area contributed by atoms with Crippen molar-refractivity contribution in [2.24, 2.45) is 0 Å². The highest BCUT2D eigenvalue weighted by Crippen LogP contribution is 2.40. The average molecular weight is 276 g/mol. The van der Waals surface area contributed by atoms with E-state index in [2.05, 4.69) is 52.0 Å². The average Bonchev–Trinajstić information content (AvgIpc) is 2.68. The van der Waals surface area contributed by atoms with Gasteiger partial charge in [-0.25, -0.2) is 0 Å². The van der Waals surface area contributed by atoms with Crippen LogP contribution in [-0.4, -0.2) is 17.8 Å². The Bertz CT molecular complexity index is 439. The number of hydrogen-bond acceptors (Lipinski definition) is 2. The minimum absolute atomic E-state index is 0.00118. The summed E-state index contributed by atoms with van der Waals surface area (Å²) in [6, 6.07) is 8.42. The molecule has 1 aromatic carbocycles. The zero-order valence-electron chi connectivity index (χ0n) is 13.4. The Morgan fingerprint density at radius 2 is 1.95 bits per heavy atom. The Balaban J connectivity index is 1.92. The Kier molecular flexibility index (Phi) is 4.87. The van der Waals surface area contributed by atoms with E-state index >= 15 is 0 Å². The second-order valence-electron chi connectivity index (χ2n) is 6.71. The van der Waals surface area contributed by atoms with Crippen molar-refractivity contribution in [1.29, 1.82) is 0 Å². The third-order valence-corrected chi connectivity index (χ3v) is 4.27. The molecule has 1 saturated heterocycles. The van der Waals surface area contributed by atoms with Crippen LogP contribution in [0.5, 0.6) is 0 Å². The molecule has 1 aromatic rings. The first-order valence-electron chi connectivity index (χ1n) is 7.79. The minimum Gasteiger partial charge on any atom is -0.374 e. The van der Waals surface area contributed by atoms with Gasteiger partial charge in [-0.3, -0.25) is 0 Å². The van der Waals surface area contributed by atoms with Crippen LogP contribution in [0.4, 0.5) is 0 Å². The molecule has 112 valence electrons. The van der Waals surface area contributed by atoms with E-state index in [4.69, 9.17) is 9.47 Å². The molecule has 2 heteroatoms. The lowest BCUT2D eigenvalue weighted by molar-refractivity contribution is -0.129. The Morgan fingerprint density at radius 1 is 1.20 bits per heavy atom. The summed E-state index contributed by atoms with van der Waals surface area (Å²) in [6.45, 7) is 10.1. The molecule has 0 N–H and O–H groups in total. The zero-order chi connectivity index (χ0) is 14.6. The van der Waals surface area contributed by atoms with Crippen molar-refractivity contribution in [2.45, 2.75) is 71.2 Å². The van der Waals surface area contributed by atoms with Crippen LogP contribution in [0.15, 0.2) is 24.3 Å². The predicted octanol–water partition coefficient (Wildman–Crippen LogP) is 4.64. The van der Waals surface area contributed by atoms with Gasteiger partial charge in [-0.1, -0.05) is 37.6 Å². The molecule has 2 nitrogen and oxygen atoms in total. The van der Waals surface area contributed by atoms with Crippen LogP contribution in [0, 0.1) is 6.92 Å². The van der Waals surface area contributed by atoms with Crippen LogP contribution in [0.25, 0.3) is 0 Å². The molecule has 0 aromatic heterocycles. The van der Waals surface area contributed by atoms with Crippen LogP contribution in [0.2, 0.25) is 0 Å². The quantitative estimate of drug-likeness (QED) is 0.753. The van der Waals surface area contributed by atoms with E-state index in [9.17, 15) is 0 Å². The third kappa shape index (κ3) is 3.83. The van der Waals surface area contributed by atoms with Gasteiger partial charge < -0.3 is 9.47 Å². The second-order valence-corrected chi connectivity index (χ2v) is 6.71. The predicted molar refractivity (Wildman–Crippen MR) is 82.9 cm³/mol.